The number of pyridine rings is 1. The van der Waals surface area contributed by atoms with Gasteiger partial charge >= 0.3 is 6.18 Å². The molecule has 0 radical (unpaired) electrons. The van der Waals surface area contributed by atoms with Gasteiger partial charge in [0.25, 0.3) is 5.91 Å². The number of carbonyl (C=O) groups excluding carboxylic acids is 1. The highest BCUT2D eigenvalue weighted by Gasteiger charge is 2.33. The number of anilines is 2. The van der Waals surface area contributed by atoms with E-state index in [9.17, 15) is 23.1 Å². The Bertz CT molecular complexity index is 881. The molecule has 0 saturated heterocycles. The van der Waals surface area contributed by atoms with Crippen LogP contribution in [-0.4, -0.2) is 45.1 Å². The van der Waals surface area contributed by atoms with Crippen molar-refractivity contribution in [1.29, 1.82) is 0 Å². The summed E-state index contributed by atoms with van der Waals surface area (Å²) in [6.07, 6.45) is -0.730. The molecule has 156 valence electrons. The summed E-state index contributed by atoms with van der Waals surface area (Å²) in [6.45, 7) is 3.93. The van der Waals surface area contributed by atoms with Crippen molar-refractivity contribution in [2.75, 3.05) is 11.9 Å². The van der Waals surface area contributed by atoms with Gasteiger partial charge in [0, 0.05) is 18.7 Å². The van der Waals surface area contributed by atoms with Crippen molar-refractivity contribution < 1.29 is 23.1 Å². The van der Waals surface area contributed by atoms with E-state index in [1.165, 1.54) is 12.3 Å². The van der Waals surface area contributed by atoms with E-state index in [-0.39, 0.29) is 29.0 Å². The molecule has 1 aliphatic rings. The first-order valence-electron chi connectivity index (χ1n) is 8.98. The average molecular weight is 410 g/mol. The minimum Gasteiger partial charge on any atom is -0.393 e. The van der Waals surface area contributed by atoms with Crippen LogP contribution in [0, 0.1) is 5.92 Å². The lowest BCUT2D eigenvalue weighted by Crippen LogP contribution is -2.32. The van der Waals surface area contributed by atoms with Crippen LogP contribution in [0.2, 0.25) is 0 Å². The molecule has 11 heteroatoms. The summed E-state index contributed by atoms with van der Waals surface area (Å²) in [5.74, 6) is -0.624. The van der Waals surface area contributed by atoms with Gasteiger partial charge in [-0.2, -0.15) is 18.3 Å². The number of hydrogen-bond donors (Lipinski definition) is 3. The van der Waals surface area contributed by atoms with Crippen molar-refractivity contribution in [1.82, 2.24) is 14.8 Å². The maximum absolute atomic E-state index is 12.7. The number of carbonyl (C=O) groups is 1. The molecule has 3 rings (SSSR count). The second kappa shape index (κ2) is 8.19. The van der Waals surface area contributed by atoms with Crippen LogP contribution < -0.4 is 11.1 Å². The lowest BCUT2D eigenvalue weighted by atomic mass is 9.83. The third-order valence-electron chi connectivity index (χ3n) is 4.93. The summed E-state index contributed by atoms with van der Waals surface area (Å²) >= 11 is 0. The van der Waals surface area contributed by atoms with Gasteiger partial charge in [-0.3, -0.25) is 9.48 Å². The number of nitrogens with zero attached hydrogens (tertiary/aromatic N) is 4. The summed E-state index contributed by atoms with van der Waals surface area (Å²) in [4.78, 5) is 19.1. The summed E-state index contributed by atoms with van der Waals surface area (Å²) in [6, 6.07) is 1.90. The first kappa shape index (κ1) is 20.8. The predicted octanol–water partition coefficient (Wildman–Crippen LogP) is 2.54. The Morgan fingerprint density at radius 2 is 2.17 bits per heavy atom. The largest absolute Gasteiger partial charge is 0.433 e. The number of aromatic nitrogens is 3. The van der Waals surface area contributed by atoms with Crippen LogP contribution in [0.25, 0.3) is 0 Å². The van der Waals surface area contributed by atoms with E-state index in [1.54, 1.807) is 4.68 Å². The van der Waals surface area contributed by atoms with Gasteiger partial charge in [-0.15, -0.1) is 0 Å². The normalized spacial score (nSPS) is 22.3. The number of rotatable bonds is 6. The molecule has 4 N–H and O–H groups in total. The number of nitrogens with one attached hydrogen (secondary N) is 1. The van der Waals surface area contributed by atoms with E-state index < -0.39 is 23.9 Å². The van der Waals surface area contributed by atoms with E-state index in [2.05, 4.69) is 27.1 Å². The van der Waals surface area contributed by atoms with Crippen LogP contribution in [0.5, 0.6) is 0 Å². The molecule has 0 aromatic carbocycles. The molecule has 0 bridgehead atoms. The van der Waals surface area contributed by atoms with Crippen molar-refractivity contribution in [2.24, 2.45) is 16.6 Å². The number of nitrogens with two attached hydrogens (primary N) is 1. The van der Waals surface area contributed by atoms with Crippen molar-refractivity contribution in [3.8, 4) is 0 Å². The molecule has 3 unspecified atom stereocenters. The maximum atomic E-state index is 12.7. The summed E-state index contributed by atoms with van der Waals surface area (Å²) in [5.41, 5.74) is 4.75. The fourth-order valence-corrected chi connectivity index (χ4v) is 3.54. The van der Waals surface area contributed by atoms with Gasteiger partial charge < -0.3 is 21.1 Å². The molecule has 29 heavy (non-hydrogen) atoms. The second-order valence-electron chi connectivity index (χ2n) is 6.99. The monoisotopic (exact) mass is 410 g/mol. The van der Waals surface area contributed by atoms with E-state index in [0.717, 1.165) is 12.3 Å². The number of alkyl halides is 3. The number of aliphatic imine (C=N–C) groups is 1. The highest BCUT2D eigenvalue weighted by molar-refractivity contribution is 5.98. The smallest absolute Gasteiger partial charge is 0.393 e. The number of aliphatic hydroxyl groups excluding tert-OH is 1. The molecule has 2 aromatic rings. The van der Waals surface area contributed by atoms with Gasteiger partial charge in [-0.1, -0.05) is 0 Å². The quantitative estimate of drug-likeness (QED) is 0.633. The Morgan fingerprint density at radius 3 is 2.76 bits per heavy atom. The summed E-state index contributed by atoms with van der Waals surface area (Å²) in [5, 5.41) is 17.1. The number of primary amides is 1. The number of amides is 1. The van der Waals surface area contributed by atoms with Crippen molar-refractivity contribution in [2.45, 2.75) is 37.6 Å². The summed E-state index contributed by atoms with van der Waals surface area (Å²) < 4.78 is 39.6. The second-order valence-corrected chi connectivity index (χ2v) is 6.99. The highest BCUT2D eigenvalue weighted by Crippen LogP contribution is 2.35. The van der Waals surface area contributed by atoms with Gasteiger partial charge in [0.2, 0.25) is 0 Å². The molecule has 0 spiro atoms. The predicted molar refractivity (Wildman–Crippen MR) is 100 cm³/mol. The molecule has 3 atom stereocenters. The van der Waals surface area contributed by atoms with Crippen molar-refractivity contribution in [3.05, 3.63) is 35.8 Å². The first-order valence-corrected chi connectivity index (χ1v) is 8.98. The molecule has 8 nitrogen and oxygen atoms in total. The fourth-order valence-electron chi connectivity index (χ4n) is 3.54. The Kier molecular flexibility index (Phi) is 5.87. The molecule has 0 aliphatic heterocycles. The van der Waals surface area contributed by atoms with Crippen LogP contribution in [0.4, 0.5) is 24.7 Å². The van der Waals surface area contributed by atoms with Crippen LogP contribution in [0.3, 0.4) is 0 Å². The lowest BCUT2D eigenvalue weighted by molar-refractivity contribution is -0.141. The number of halogens is 3. The van der Waals surface area contributed by atoms with E-state index in [0.29, 0.717) is 25.8 Å². The third-order valence-corrected chi connectivity index (χ3v) is 4.93. The van der Waals surface area contributed by atoms with E-state index >= 15 is 0 Å². The summed E-state index contributed by atoms with van der Waals surface area (Å²) in [7, 11) is 0. The molecule has 1 amide bonds. The molecule has 1 fully saturated rings. The lowest BCUT2D eigenvalue weighted by Gasteiger charge is -2.33. The first-order chi connectivity index (χ1) is 13.7. The Labute approximate surface area is 164 Å². The number of hydrogen-bond acceptors (Lipinski definition) is 6. The maximum Gasteiger partial charge on any atom is 0.433 e. The topological polar surface area (TPSA) is 118 Å². The van der Waals surface area contributed by atoms with Gasteiger partial charge in [0.05, 0.1) is 24.0 Å². The fraction of sp³-hybridized carbons (Fsp3) is 0.444. The van der Waals surface area contributed by atoms with Crippen molar-refractivity contribution >= 4 is 24.1 Å². The number of aliphatic hydroxyl groups is 1. The standard InChI is InChI=1S/C18H21F3N6O2/c1-23-7-10-6-12(28)3-4-14(10)27-9-13(16(22)29)17(26-27)25-11-2-5-15(24-8-11)18(19,20)21/h2,5,8-10,12,14,28H,1,3-4,6-7H2,(H2,22,29)(H,25,26). The zero-order valence-electron chi connectivity index (χ0n) is 15.4. The average Bonchev–Trinajstić information content (AvgIpc) is 3.05. The Morgan fingerprint density at radius 1 is 1.41 bits per heavy atom. The molecule has 1 saturated carbocycles. The molecule has 1 aliphatic carbocycles. The molecule has 2 heterocycles. The Balaban J connectivity index is 1.87. The zero-order chi connectivity index (χ0) is 21.2. The van der Waals surface area contributed by atoms with Crippen LogP contribution in [-0.2, 0) is 6.18 Å². The SMILES string of the molecule is C=NCC1CC(O)CCC1n1cc(C(N)=O)c(Nc2ccc(C(F)(F)F)nc2)n1. The minimum atomic E-state index is -4.54. The minimum absolute atomic E-state index is 0.0162. The Hall–Kier alpha value is -2.95. The van der Waals surface area contributed by atoms with Crippen molar-refractivity contribution in [3.63, 3.8) is 0 Å². The third kappa shape index (κ3) is 4.73. The van der Waals surface area contributed by atoms with Crippen LogP contribution >= 0.6 is 0 Å². The van der Waals surface area contributed by atoms with Crippen LogP contribution in [0.15, 0.2) is 29.5 Å². The van der Waals surface area contributed by atoms with E-state index in [1.807, 2.05) is 0 Å². The molecular weight excluding hydrogens is 389 g/mol. The molecular formula is C18H21F3N6O2. The highest BCUT2D eigenvalue weighted by atomic mass is 19.4. The van der Waals surface area contributed by atoms with E-state index in [4.69, 9.17) is 5.73 Å². The zero-order valence-corrected chi connectivity index (χ0v) is 15.4. The van der Waals surface area contributed by atoms with Crippen LogP contribution in [0.1, 0.15) is 41.4 Å². The molecule has 2 aromatic heterocycles. The van der Waals surface area contributed by atoms with Gasteiger partial charge in [0.1, 0.15) is 11.3 Å². The van der Waals surface area contributed by atoms with Gasteiger partial charge in [0.15, 0.2) is 5.82 Å². The van der Waals surface area contributed by atoms with Gasteiger partial charge in [-0.05, 0) is 38.1 Å². The van der Waals surface area contributed by atoms with Gasteiger partial charge in [-0.25, -0.2) is 4.98 Å².